The third-order valence-corrected chi connectivity index (χ3v) is 32.1. The first-order valence-electron chi connectivity index (χ1n) is 23.6. The number of hydrogen-bond acceptors (Lipinski definition) is 1. The van der Waals surface area contributed by atoms with Crippen LogP contribution in [0.3, 0.4) is 0 Å². The van der Waals surface area contributed by atoms with Crippen molar-refractivity contribution in [2.45, 2.75) is 167 Å². The molecule has 0 N–H and O–H groups in total. The predicted molar refractivity (Wildman–Crippen MR) is 278 cm³/mol. The Morgan fingerprint density at radius 1 is 0.694 bits per heavy atom. The summed E-state index contributed by atoms with van der Waals surface area (Å²) >= 11 is -3.91. The number of allylic oxidation sites excluding steroid dienone is 3. The zero-order valence-electron chi connectivity index (χ0n) is 41.0. The van der Waals surface area contributed by atoms with Crippen LogP contribution in [0, 0.1) is 5.92 Å². The van der Waals surface area contributed by atoms with E-state index in [9.17, 15) is 0 Å². The van der Waals surface area contributed by atoms with Crippen LogP contribution in [0.1, 0.15) is 173 Å². The molecule has 4 aromatic rings. The molecule has 0 radical (unpaired) electrons. The molecule has 0 bridgehead atoms. The maximum absolute atomic E-state index is 6.11. The minimum Gasteiger partial charge on any atom is -0.147 e. The fraction of sp³-hybridized carbons (Fsp3) is 0.509. The monoisotopic (exact) mass is 968 g/mol. The minimum absolute atomic E-state index is 0. The molecule has 7 rings (SSSR count). The van der Waals surface area contributed by atoms with Gasteiger partial charge < -0.3 is 0 Å². The molecule has 2 unspecified atom stereocenters. The summed E-state index contributed by atoms with van der Waals surface area (Å²) in [6, 6.07) is 29.3. The average Bonchev–Trinajstić information content (AvgIpc) is 3.87. The second-order valence-corrected chi connectivity index (χ2v) is 54.0. The standard InChI is InChI=1S/C33H45O.C22H25.2CH3.2ClH.H2Si.Zr/c1-23-21-26-22-25-13-12-15-29(25)30(24-16-18-27(19-17-24)32(2,3)4)31(26)28(23)14-10-8-9-11-20-34-33(5,6)7;1-15(2)18-13-17-7-6-8-20(21(17)14-18)16-9-11-19(12-10-16)22(3,4)5;;;;;;/h16-19,21-22H,8-15,20H2,1-7H3;6-15H,1-5H3;2*1H3;2*1H;1H2;. The summed E-state index contributed by atoms with van der Waals surface area (Å²) in [4.78, 5) is 0. The predicted octanol–water partition coefficient (Wildman–Crippen LogP) is 16.7. The van der Waals surface area contributed by atoms with Gasteiger partial charge in [0.15, 0.2) is 0 Å². The largest absolute Gasteiger partial charge is 0.147 e. The van der Waals surface area contributed by atoms with Crippen molar-refractivity contribution >= 4 is 43.3 Å². The van der Waals surface area contributed by atoms with Gasteiger partial charge in [0, 0.05) is 0 Å². The molecule has 3 aliphatic carbocycles. The van der Waals surface area contributed by atoms with Crippen LogP contribution in [0.2, 0.25) is 9.26 Å². The number of hydrogen-bond donors (Lipinski definition) is 0. The summed E-state index contributed by atoms with van der Waals surface area (Å²) in [7, 11) is 0. The maximum atomic E-state index is 6.11. The van der Waals surface area contributed by atoms with E-state index >= 15 is 0 Å². The number of aryl methyl sites for hydroxylation is 1. The Bertz CT molecular complexity index is 2390. The molecule has 0 heterocycles. The number of benzene rings is 4. The van der Waals surface area contributed by atoms with Gasteiger partial charge in [0.1, 0.15) is 0 Å². The molecule has 5 heteroatoms. The van der Waals surface area contributed by atoms with E-state index in [2.05, 4.69) is 178 Å². The van der Waals surface area contributed by atoms with Crippen molar-refractivity contribution in [3.63, 3.8) is 0 Å². The van der Waals surface area contributed by atoms with E-state index in [1.165, 1.54) is 78.3 Å². The number of fused-ring (bicyclic) bond motifs is 3. The van der Waals surface area contributed by atoms with Crippen LogP contribution < -0.4 is 0 Å². The van der Waals surface area contributed by atoms with Gasteiger partial charge in [-0.1, -0.05) is 0 Å². The van der Waals surface area contributed by atoms with Crippen molar-refractivity contribution in [1.29, 1.82) is 0 Å². The van der Waals surface area contributed by atoms with Gasteiger partial charge in [0.25, 0.3) is 0 Å². The summed E-state index contributed by atoms with van der Waals surface area (Å²) in [5.41, 5.74) is 23.5. The molecule has 4 aromatic carbocycles. The summed E-state index contributed by atoms with van der Waals surface area (Å²) < 4.78 is 12.8. The Morgan fingerprint density at radius 3 is 1.84 bits per heavy atom. The summed E-state index contributed by atoms with van der Waals surface area (Å²) in [5.74, 6) is 0.486. The fourth-order valence-electron chi connectivity index (χ4n) is 11.6. The summed E-state index contributed by atoms with van der Waals surface area (Å²) in [6.45, 7) is 31.4. The SMILES string of the molecule is CC1=C(CCCCCCOC(C)(C)C)c2c(cc3c(c2-c2ccc(C(C)(C)C)cc2)CCC3)[CH]1[Zr]([CH3])([CH3])(=[SiH2])[CH]1C(C(C)C)=Cc2c(-c3ccc(C(C)(C)C)cc3)cccc21.Cl.Cl. The van der Waals surface area contributed by atoms with Crippen molar-refractivity contribution in [2.75, 3.05) is 6.61 Å². The van der Waals surface area contributed by atoms with Gasteiger partial charge in [-0.3, -0.25) is 0 Å². The molecular formula is C57H80Cl2OSiZr. The van der Waals surface area contributed by atoms with Crippen LogP contribution in [-0.2, 0) is 45.8 Å². The van der Waals surface area contributed by atoms with Crippen LogP contribution in [-0.4, -0.2) is 19.1 Å². The first kappa shape index (κ1) is 51.0. The molecule has 62 heavy (non-hydrogen) atoms. The quantitative estimate of drug-likeness (QED) is 0.102. The molecular weight excluding hydrogens is 891 g/mol. The van der Waals surface area contributed by atoms with E-state index in [4.69, 9.17) is 4.74 Å². The number of unbranched alkanes of at least 4 members (excludes halogenated alkanes) is 3. The molecule has 1 nitrogen and oxygen atoms in total. The Balaban J connectivity index is 0.00000363. The average molecular weight is 971 g/mol. The van der Waals surface area contributed by atoms with Gasteiger partial charge in [0.05, 0.1) is 0 Å². The topological polar surface area (TPSA) is 9.23 Å². The van der Waals surface area contributed by atoms with Crippen LogP contribution in [0.25, 0.3) is 33.9 Å². The zero-order chi connectivity index (χ0) is 43.6. The molecule has 0 aliphatic heterocycles. The van der Waals surface area contributed by atoms with Crippen LogP contribution in [0.15, 0.2) is 83.9 Å². The second-order valence-electron chi connectivity index (χ2n) is 23.6. The van der Waals surface area contributed by atoms with E-state index in [1.807, 2.05) is 0 Å². The van der Waals surface area contributed by atoms with E-state index in [1.54, 1.807) is 50.1 Å². The molecule has 2 atom stereocenters. The van der Waals surface area contributed by atoms with Crippen molar-refractivity contribution in [1.82, 2.24) is 0 Å². The molecule has 336 valence electrons. The van der Waals surface area contributed by atoms with Crippen molar-refractivity contribution < 1.29 is 22.1 Å². The molecule has 0 aromatic heterocycles. The van der Waals surface area contributed by atoms with Crippen LogP contribution in [0.5, 0.6) is 0 Å². The van der Waals surface area contributed by atoms with Gasteiger partial charge in [0.2, 0.25) is 0 Å². The van der Waals surface area contributed by atoms with Gasteiger partial charge in [-0.15, -0.1) is 24.8 Å². The maximum Gasteiger partial charge on any atom is -0.147 e. The van der Waals surface area contributed by atoms with Gasteiger partial charge >= 0.3 is 371 Å². The van der Waals surface area contributed by atoms with E-state index in [0.29, 0.717) is 13.2 Å². The molecule has 0 amide bonds. The smallest absolute Gasteiger partial charge is 0.147 e. The zero-order valence-corrected chi connectivity index (χ0v) is 46.5. The summed E-state index contributed by atoms with van der Waals surface area (Å²) in [5, 5.41) is 0. The molecule has 3 aliphatic rings. The molecule has 0 fully saturated rings. The van der Waals surface area contributed by atoms with Gasteiger partial charge in [-0.05, 0) is 0 Å². The minimum atomic E-state index is -3.91. The number of rotatable bonds is 12. The first-order valence-corrected chi connectivity index (χ1v) is 37.3. The van der Waals surface area contributed by atoms with Crippen molar-refractivity contribution in [2.24, 2.45) is 5.92 Å². The summed E-state index contributed by atoms with van der Waals surface area (Å²) in [6.07, 6.45) is 12.4. The van der Waals surface area contributed by atoms with E-state index < -0.39 is 17.4 Å². The fourth-order valence-corrected chi connectivity index (χ4v) is 32.1. The Hall–Kier alpha value is -2.00. The first-order chi connectivity index (χ1) is 28.0. The second kappa shape index (κ2) is 18.7. The molecule has 0 saturated carbocycles. The Morgan fingerprint density at radius 2 is 1.27 bits per heavy atom. The van der Waals surface area contributed by atoms with Crippen LogP contribution in [0.4, 0.5) is 0 Å². The third-order valence-electron chi connectivity index (χ3n) is 14.6. The number of halogens is 2. The van der Waals surface area contributed by atoms with Gasteiger partial charge in [-0.2, -0.15) is 0 Å². The third kappa shape index (κ3) is 10.0. The Kier molecular flexibility index (Phi) is 15.4. The van der Waals surface area contributed by atoms with Gasteiger partial charge in [-0.25, -0.2) is 0 Å². The molecule has 0 saturated heterocycles. The Labute approximate surface area is 393 Å². The van der Waals surface area contributed by atoms with E-state index in [0.717, 1.165) is 13.0 Å². The van der Waals surface area contributed by atoms with Crippen LogP contribution >= 0.6 is 24.8 Å². The van der Waals surface area contributed by atoms with Crippen molar-refractivity contribution in [3.05, 3.63) is 128 Å². The molecule has 0 spiro atoms. The van der Waals surface area contributed by atoms with Crippen molar-refractivity contribution in [3.8, 4) is 22.3 Å². The number of ether oxygens (including phenoxy) is 1. The van der Waals surface area contributed by atoms with E-state index in [-0.39, 0.29) is 41.2 Å². The normalized spacial score (nSPS) is 17.7.